The van der Waals surface area contributed by atoms with Crippen LogP contribution in [-0.4, -0.2) is 22.3 Å². The Bertz CT molecular complexity index is 631. The van der Waals surface area contributed by atoms with Crippen molar-refractivity contribution in [2.24, 2.45) is 23.2 Å². The van der Waals surface area contributed by atoms with Crippen LogP contribution in [0.1, 0.15) is 78.6 Å². The fourth-order valence-electron chi connectivity index (χ4n) is 4.72. The number of fused-ring (bicyclic) bond motifs is 1. The molecular formula is C23H36N2OS. The topological polar surface area (TPSA) is 32.1 Å². The third-order valence-electron chi connectivity index (χ3n) is 6.72. The minimum atomic E-state index is 0.00363. The van der Waals surface area contributed by atoms with Crippen molar-refractivity contribution in [2.75, 3.05) is 6.54 Å². The molecule has 2 aliphatic carbocycles. The van der Waals surface area contributed by atoms with Gasteiger partial charge in [0.15, 0.2) is 0 Å². The van der Waals surface area contributed by atoms with Gasteiger partial charge in [0.2, 0.25) is 5.91 Å². The highest BCUT2D eigenvalue weighted by Crippen LogP contribution is 2.44. The fraction of sp³-hybridized carbons (Fsp3) is 0.739. The summed E-state index contributed by atoms with van der Waals surface area (Å²) in [5, 5.41) is 3.31. The highest BCUT2D eigenvalue weighted by molar-refractivity contribution is 7.80. The summed E-state index contributed by atoms with van der Waals surface area (Å²) in [6, 6.07) is 0. The Morgan fingerprint density at radius 1 is 1.22 bits per heavy atom. The largest absolute Gasteiger partial charge is 0.376 e. The predicted octanol–water partition coefficient (Wildman–Crippen LogP) is 5.58. The molecule has 3 atom stereocenters. The van der Waals surface area contributed by atoms with Gasteiger partial charge in [-0.1, -0.05) is 65.3 Å². The highest BCUT2D eigenvalue weighted by Gasteiger charge is 2.39. The molecule has 0 saturated heterocycles. The van der Waals surface area contributed by atoms with Crippen LogP contribution in [-0.2, 0) is 4.79 Å². The lowest BCUT2D eigenvalue weighted by Gasteiger charge is -2.38. The number of allylic oxidation sites excluding steroid dienone is 1. The summed E-state index contributed by atoms with van der Waals surface area (Å²) in [6.45, 7) is 11.3. The van der Waals surface area contributed by atoms with E-state index in [1.807, 2.05) is 11.1 Å². The average Bonchev–Trinajstić information content (AvgIpc) is 3.42. The lowest BCUT2D eigenvalue weighted by Crippen LogP contribution is -2.34. The zero-order valence-electron chi connectivity index (χ0n) is 17.4. The van der Waals surface area contributed by atoms with E-state index in [2.05, 4.69) is 32.7 Å². The van der Waals surface area contributed by atoms with E-state index in [4.69, 9.17) is 12.2 Å². The monoisotopic (exact) mass is 388 g/mol. The van der Waals surface area contributed by atoms with Gasteiger partial charge in [0.25, 0.3) is 0 Å². The molecule has 2 fully saturated rings. The molecule has 0 aromatic rings. The zero-order valence-corrected chi connectivity index (χ0v) is 18.2. The van der Waals surface area contributed by atoms with E-state index in [0.29, 0.717) is 5.91 Å². The molecule has 1 heterocycles. The van der Waals surface area contributed by atoms with Gasteiger partial charge in [-0.2, -0.15) is 0 Å². The number of amides is 1. The first-order valence-corrected chi connectivity index (χ1v) is 11.2. The molecular weight excluding hydrogens is 352 g/mol. The summed E-state index contributed by atoms with van der Waals surface area (Å²) in [5.41, 5.74) is 2.19. The van der Waals surface area contributed by atoms with E-state index in [9.17, 15) is 4.79 Å². The number of carbonyl (C=O) groups is 1. The summed E-state index contributed by atoms with van der Waals surface area (Å²) in [4.78, 5) is 15.5. The molecule has 3 unspecified atom stereocenters. The first-order valence-electron chi connectivity index (χ1n) is 10.8. The van der Waals surface area contributed by atoms with Crippen LogP contribution < -0.4 is 5.32 Å². The summed E-state index contributed by atoms with van der Waals surface area (Å²) in [7, 11) is 0. The van der Waals surface area contributed by atoms with E-state index in [0.717, 1.165) is 54.6 Å². The summed E-state index contributed by atoms with van der Waals surface area (Å²) < 4.78 is 0. The SMILES string of the molecule is C=C(C(=S)NCCCC1=CN1C(=O)C1CCC2CCCCC2C1)C(C)(C)C. The summed E-state index contributed by atoms with van der Waals surface area (Å²) in [5.74, 6) is 2.34. The molecule has 1 N–H and O–H groups in total. The van der Waals surface area contributed by atoms with Crippen molar-refractivity contribution in [3.63, 3.8) is 0 Å². The van der Waals surface area contributed by atoms with Gasteiger partial charge in [0.1, 0.15) is 4.99 Å². The Kier molecular flexibility index (Phi) is 6.45. The summed E-state index contributed by atoms with van der Waals surface area (Å²) in [6.07, 6.45) is 13.0. The van der Waals surface area contributed by atoms with Gasteiger partial charge < -0.3 is 5.32 Å². The fourth-order valence-corrected chi connectivity index (χ4v) is 5.13. The molecule has 0 aromatic carbocycles. The molecule has 150 valence electrons. The second kappa shape index (κ2) is 8.46. The molecule has 0 spiro atoms. The van der Waals surface area contributed by atoms with Crippen LogP contribution in [0.25, 0.3) is 0 Å². The standard InChI is InChI=1S/C23H36N2OS/c1-16(23(2,3)4)21(27)24-13-7-10-20-15-25(20)22(26)19-12-11-17-8-5-6-9-18(17)14-19/h15,17-19H,1,5-14H2,2-4H3,(H,24,27). The van der Waals surface area contributed by atoms with E-state index >= 15 is 0 Å². The van der Waals surface area contributed by atoms with Crippen molar-refractivity contribution >= 4 is 23.1 Å². The molecule has 0 aromatic heterocycles. The molecule has 3 rings (SSSR count). The zero-order chi connectivity index (χ0) is 19.6. The lowest BCUT2D eigenvalue weighted by atomic mass is 9.67. The quantitative estimate of drug-likeness (QED) is 0.366. The van der Waals surface area contributed by atoms with Crippen LogP contribution in [0.2, 0.25) is 0 Å². The second-order valence-corrected chi connectivity index (χ2v) is 10.1. The number of carbonyl (C=O) groups excluding carboxylic acids is 1. The molecule has 1 amide bonds. The number of nitrogens with zero attached hydrogens (tertiary/aromatic N) is 1. The van der Waals surface area contributed by atoms with Crippen LogP contribution in [0.4, 0.5) is 0 Å². The van der Waals surface area contributed by atoms with Gasteiger partial charge in [-0.3, -0.25) is 9.69 Å². The van der Waals surface area contributed by atoms with E-state index < -0.39 is 0 Å². The van der Waals surface area contributed by atoms with Crippen molar-refractivity contribution in [3.05, 3.63) is 24.0 Å². The Labute approximate surface area is 170 Å². The van der Waals surface area contributed by atoms with Crippen LogP contribution in [0.15, 0.2) is 24.0 Å². The number of hydrogen-bond acceptors (Lipinski definition) is 2. The summed E-state index contributed by atoms with van der Waals surface area (Å²) >= 11 is 5.43. The van der Waals surface area contributed by atoms with Crippen LogP contribution >= 0.6 is 12.2 Å². The van der Waals surface area contributed by atoms with Crippen molar-refractivity contribution in [2.45, 2.75) is 78.6 Å². The van der Waals surface area contributed by atoms with Crippen LogP contribution in [0, 0.1) is 23.2 Å². The van der Waals surface area contributed by atoms with Gasteiger partial charge in [-0.05, 0) is 54.9 Å². The molecule has 3 nitrogen and oxygen atoms in total. The van der Waals surface area contributed by atoms with E-state index in [-0.39, 0.29) is 11.3 Å². The van der Waals surface area contributed by atoms with Gasteiger partial charge >= 0.3 is 0 Å². The first-order chi connectivity index (χ1) is 12.8. The minimum absolute atomic E-state index is 0.00363. The Morgan fingerprint density at radius 3 is 2.63 bits per heavy atom. The number of nitrogens with one attached hydrogen (secondary N) is 1. The molecule has 27 heavy (non-hydrogen) atoms. The predicted molar refractivity (Wildman–Crippen MR) is 116 cm³/mol. The third-order valence-corrected chi connectivity index (χ3v) is 7.11. The van der Waals surface area contributed by atoms with Gasteiger partial charge in [0, 0.05) is 24.4 Å². The molecule has 3 aliphatic rings. The minimum Gasteiger partial charge on any atom is -0.376 e. The number of rotatable bonds is 6. The first kappa shape index (κ1) is 20.6. The average molecular weight is 389 g/mol. The Morgan fingerprint density at radius 2 is 1.93 bits per heavy atom. The molecule has 0 bridgehead atoms. The Balaban J connectivity index is 1.34. The van der Waals surface area contributed by atoms with Crippen molar-refractivity contribution in [3.8, 4) is 0 Å². The second-order valence-electron chi connectivity index (χ2n) is 9.73. The third kappa shape index (κ3) is 5.22. The van der Waals surface area contributed by atoms with Crippen LogP contribution in [0.3, 0.4) is 0 Å². The maximum atomic E-state index is 12.8. The number of thiocarbonyl (C=S) groups is 1. The normalized spacial score (nSPS) is 27.4. The lowest BCUT2D eigenvalue weighted by molar-refractivity contribution is -0.131. The Hall–Kier alpha value is -1.16. The van der Waals surface area contributed by atoms with Crippen molar-refractivity contribution in [1.29, 1.82) is 0 Å². The molecule has 4 heteroatoms. The molecule has 2 saturated carbocycles. The van der Waals surface area contributed by atoms with Gasteiger partial charge in [-0.25, -0.2) is 0 Å². The van der Waals surface area contributed by atoms with E-state index in [1.54, 1.807) is 0 Å². The molecule has 0 radical (unpaired) electrons. The maximum Gasteiger partial charge on any atom is 0.234 e. The maximum absolute atomic E-state index is 12.8. The number of hydrogen-bond donors (Lipinski definition) is 1. The van der Waals surface area contributed by atoms with E-state index in [1.165, 1.54) is 37.8 Å². The van der Waals surface area contributed by atoms with Gasteiger partial charge in [0.05, 0.1) is 0 Å². The highest BCUT2D eigenvalue weighted by atomic mass is 32.1. The van der Waals surface area contributed by atoms with Crippen molar-refractivity contribution < 1.29 is 4.79 Å². The molecule has 1 aliphatic heterocycles. The van der Waals surface area contributed by atoms with Crippen LogP contribution in [0.5, 0.6) is 0 Å². The smallest absolute Gasteiger partial charge is 0.234 e. The van der Waals surface area contributed by atoms with Crippen molar-refractivity contribution in [1.82, 2.24) is 10.2 Å². The van der Waals surface area contributed by atoms with Gasteiger partial charge in [-0.15, -0.1) is 0 Å².